The highest BCUT2D eigenvalue weighted by Gasteiger charge is 2.06. The van der Waals surface area contributed by atoms with Gasteiger partial charge in [0.25, 0.3) is 0 Å². The van der Waals surface area contributed by atoms with E-state index in [1.165, 1.54) is 0 Å². The summed E-state index contributed by atoms with van der Waals surface area (Å²) in [5.41, 5.74) is 1.52. The lowest BCUT2D eigenvalue weighted by molar-refractivity contribution is 0.281. The number of aromatic amines is 1. The molecule has 4 heteroatoms. The average Bonchev–Trinajstić information content (AvgIpc) is 2.89. The third-order valence-corrected chi connectivity index (χ3v) is 2.34. The SMILES string of the molecule is COc1ccc(C#N)cc1OCc1ccc[nH]1. The van der Waals surface area contributed by atoms with E-state index in [1.54, 1.807) is 25.3 Å². The van der Waals surface area contributed by atoms with Crippen molar-refractivity contribution in [2.45, 2.75) is 6.61 Å². The summed E-state index contributed by atoms with van der Waals surface area (Å²) in [6.07, 6.45) is 1.83. The average molecular weight is 228 g/mol. The Kier molecular flexibility index (Phi) is 3.31. The van der Waals surface area contributed by atoms with Gasteiger partial charge in [-0.15, -0.1) is 0 Å². The molecule has 0 aliphatic rings. The molecule has 1 N–H and O–H groups in total. The van der Waals surface area contributed by atoms with Crippen LogP contribution in [0.25, 0.3) is 0 Å². The lowest BCUT2D eigenvalue weighted by Crippen LogP contribution is -1.98. The number of nitrogens with zero attached hydrogens (tertiary/aromatic N) is 1. The van der Waals surface area contributed by atoms with Gasteiger partial charge in [-0.1, -0.05) is 0 Å². The fourth-order valence-electron chi connectivity index (χ4n) is 1.47. The maximum atomic E-state index is 8.83. The van der Waals surface area contributed by atoms with E-state index in [0.717, 1.165) is 5.69 Å². The minimum absolute atomic E-state index is 0.415. The zero-order chi connectivity index (χ0) is 12.1. The molecule has 2 rings (SSSR count). The van der Waals surface area contributed by atoms with Crippen molar-refractivity contribution in [3.05, 3.63) is 47.8 Å². The van der Waals surface area contributed by atoms with Crippen molar-refractivity contribution < 1.29 is 9.47 Å². The van der Waals surface area contributed by atoms with Gasteiger partial charge in [-0.25, -0.2) is 0 Å². The van der Waals surface area contributed by atoms with Crippen LogP contribution >= 0.6 is 0 Å². The molecular formula is C13H12N2O2. The summed E-state index contributed by atoms with van der Waals surface area (Å²) in [6.45, 7) is 0.415. The molecule has 2 aromatic rings. The molecule has 0 fully saturated rings. The van der Waals surface area contributed by atoms with Crippen LogP contribution in [0.3, 0.4) is 0 Å². The van der Waals surface area contributed by atoms with E-state index in [4.69, 9.17) is 14.7 Å². The fraction of sp³-hybridized carbons (Fsp3) is 0.154. The lowest BCUT2D eigenvalue weighted by Gasteiger charge is -2.10. The van der Waals surface area contributed by atoms with E-state index < -0.39 is 0 Å². The number of aromatic nitrogens is 1. The topological polar surface area (TPSA) is 58.0 Å². The molecule has 0 atom stereocenters. The van der Waals surface area contributed by atoms with Crippen LogP contribution in [0.2, 0.25) is 0 Å². The molecule has 0 aliphatic heterocycles. The first-order valence-electron chi connectivity index (χ1n) is 5.16. The van der Waals surface area contributed by atoms with E-state index in [2.05, 4.69) is 11.1 Å². The van der Waals surface area contributed by atoms with Gasteiger partial charge in [0.15, 0.2) is 11.5 Å². The molecule has 0 bridgehead atoms. The molecule has 0 aliphatic carbocycles. The third kappa shape index (κ3) is 2.58. The summed E-state index contributed by atoms with van der Waals surface area (Å²) in [4.78, 5) is 3.04. The van der Waals surface area contributed by atoms with Gasteiger partial charge in [-0.05, 0) is 24.3 Å². The van der Waals surface area contributed by atoms with Crippen molar-refractivity contribution in [3.63, 3.8) is 0 Å². The zero-order valence-electron chi connectivity index (χ0n) is 9.43. The van der Waals surface area contributed by atoms with E-state index >= 15 is 0 Å². The monoisotopic (exact) mass is 228 g/mol. The highest BCUT2D eigenvalue weighted by molar-refractivity contribution is 5.46. The number of hydrogen-bond donors (Lipinski definition) is 1. The first-order chi connectivity index (χ1) is 8.33. The number of ether oxygens (including phenoxy) is 2. The highest BCUT2D eigenvalue weighted by Crippen LogP contribution is 2.28. The molecule has 1 aromatic carbocycles. The fourth-order valence-corrected chi connectivity index (χ4v) is 1.47. The molecule has 86 valence electrons. The Labute approximate surface area is 99.4 Å². The van der Waals surface area contributed by atoms with E-state index in [-0.39, 0.29) is 0 Å². The van der Waals surface area contributed by atoms with Gasteiger partial charge < -0.3 is 14.5 Å². The minimum Gasteiger partial charge on any atom is -0.493 e. The molecule has 17 heavy (non-hydrogen) atoms. The van der Waals surface area contributed by atoms with Gasteiger partial charge in [0, 0.05) is 12.3 Å². The van der Waals surface area contributed by atoms with Gasteiger partial charge >= 0.3 is 0 Å². The van der Waals surface area contributed by atoms with Gasteiger partial charge in [0.2, 0.25) is 0 Å². The summed E-state index contributed by atoms with van der Waals surface area (Å²) in [7, 11) is 1.57. The van der Waals surface area contributed by atoms with Gasteiger partial charge in [0.1, 0.15) is 6.61 Å². The Morgan fingerprint density at radius 2 is 2.18 bits per heavy atom. The van der Waals surface area contributed by atoms with E-state index in [9.17, 15) is 0 Å². The number of H-pyrrole nitrogens is 1. The first-order valence-corrected chi connectivity index (χ1v) is 5.16. The van der Waals surface area contributed by atoms with Crippen LogP contribution in [0.5, 0.6) is 11.5 Å². The number of nitrogens with one attached hydrogen (secondary N) is 1. The van der Waals surface area contributed by atoms with Crippen molar-refractivity contribution >= 4 is 0 Å². The number of benzene rings is 1. The van der Waals surface area contributed by atoms with E-state index in [1.807, 2.05) is 18.3 Å². The second-order valence-corrected chi connectivity index (χ2v) is 3.46. The first kappa shape index (κ1) is 11.1. The zero-order valence-corrected chi connectivity index (χ0v) is 9.43. The molecule has 0 spiro atoms. The summed E-state index contributed by atoms with van der Waals surface area (Å²) in [5, 5.41) is 8.83. The van der Waals surface area contributed by atoms with Crippen LogP contribution in [0, 0.1) is 11.3 Å². The van der Waals surface area contributed by atoms with Crippen LogP contribution in [0.1, 0.15) is 11.3 Å². The van der Waals surface area contributed by atoms with Crippen molar-refractivity contribution in [1.82, 2.24) is 4.98 Å². The molecule has 0 unspecified atom stereocenters. The normalized spacial score (nSPS) is 9.65. The second-order valence-electron chi connectivity index (χ2n) is 3.46. The van der Waals surface area contributed by atoms with Crippen molar-refractivity contribution in [2.75, 3.05) is 7.11 Å². The standard InChI is InChI=1S/C13H12N2O2/c1-16-12-5-4-10(8-14)7-13(12)17-9-11-3-2-6-15-11/h2-7,15H,9H2,1H3. The molecular weight excluding hydrogens is 216 g/mol. The second kappa shape index (κ2) is 5.08. The van der Waals surface area contributed by atoms with Crippen LogP contribution in [0.4, 0.5) is 0 Å². The minimum atomic E-state index is 0.415. The molecule has 4 nitrogen and oxygen atoms in total. The predicted molar refractivity (Wildman–Crippen MR) is 62.8 cm³/mol. The van der Waals surface area contributed by atoms with Crippen molar-refractivity contribution in [1.29, 1.82) is 5.26 Å². The maximum absolute atomic E-state index is 8.83. The van der Waals surface area contributed by atoms with Gasteiger partial charge in [-0.3, -0.25) is 0 Å². The van der Waals surface area contributed by atoms with Crippen LogP contribution in [-0.4, -0.2) is 12.1 Å². The number of nitriles is 1. The summed E-state index contributed by atoms with van der Waals surface area (Å²) in [6, 6.07) is 11.0. The summed E-state index contributed by atoms with van der Waals surface area (Å²) < 4.78 is 10.8. The van der Waals surface area contributed by atoms with Crippen LogP contribution in [0.15, 0.2) is 36.5 Å². The third-order valence-electron chi connectivity index (χ3n) is 2.34. The Bertz CT molecular complexity index is 527. The summed E-state index contributed by atoms with van der Waals surface area (Å²) >= 11 is 0. The van der Waals surface area contributed by atoms with Gasteiger partial charge in [0.05, 0.1) is 24.4 Å². The Balaban J connectivity index is 2.16. The molecule has 1 aromatic heterocycles. The highest BCUT2D eigenvalue weighted by atomic mass is 16.5. The number of rotatable bonds is 4. The Hall–Kier alpha value is -2.41. The molecule has 0 saturated carbocycles. The summed E-state index contributed by atoms with van der Waals surface area (Å²) in [5.74, 6) is 1.19. The van der Waals surface area contributed by atoms with Crippen LogP contribution < -0.4 is 9.47 Å². The van der Waals surface area contributed by atoms with Gasteiger partial charge in [-0.2, -0.15) is 5.26 Å². The molecule has 1 heterocycles. The number of hydrogen-bond acceptors (Lipinski definition) is 3. The quantitative estimate of drug-likeness (QED) is 0.874. The van der Waals surface area contributed by atoms with Crippen molar-refractivity contribution in [3.8, 4) is 17.6 Å². The molecule has 0 radical (unpaired) electrons. The van der Waals surface area contributed by atoms with Crippen LogP contribution in [-0.2, 0) is 6.61 Å². The molecule has 0 saturated heterocycles. The Morgan fingerprint density at radius 3 is 2.82 bits per heavy atom. The Morgan fingerprint density at radius 1 is 1.29 bits per heavy atom. The van der Waals surface area contributed by atoms with Crippen molar-refractivity contribution in [2.24, 2.45) is 0 Å². The lowest BCUT2D eigenvalue weighted by atomic mass is 10.2. The predicted octanol–water partition coefficient (Wildman–Crippen LogP) is 2.47. The largest absolute Gasteiger partial charge is 0.493 e. The maximum Gasteiger partial charge on any atom is 0.163 e. The smallest absolute Gasteiger partial charge is 0.163 e. The van der Waals surface area contributed by atoms with E-state index in [0.29, 0.717) is 23.7 Å². The number of methoxy groups -OCH3 is 1. The molecule has 0 amide bonds.